The van der Waals surface area contributed by atoms with Gasteiger partial charge in [-0.25, -0.2) is 4.98 Å². The quantitative estimate of drug-likeness (QED) is 0.779. The van der Waals surface area contributed by atoms with E-state index in [0.29, 0.717) is 11.9 Å². The molecule has 1 unspecified atom stereocenters. The monoisotopic (exact) mass is 208 g/mol. The standard InChI is InChI=1S/C12H20N2O/c1-4-5-10(2)14-9-11-6-7-13-12(8-11)15-3/h6-8,10,14H,4-5,9H2,1-3H3. The molecular weight excluding hydrogens is 188 g/mol. The Morgan fingerprint density at radius 3 is 3.00 bits per heavy atom. The molecular formula is C12H20N2O. The van der Waals surface area contributed by atoms with E-state index >= 15 is 0 Å². The molecule has 1 aromatic heterocycles. The minimum atomic E-state index is 0.564. The van der Waals surface area contributed by atoms with E-state index in [4.69, 9.17) is 4.74 Å². The van der Waals surface area contributed by atoms with Crippen LogP contribution in [0.25, 0.3) is 0 Å². The molecule has 0 aliphatic carbocycles. The van der Waals surface area contributed by atoms with Crippen molar-refractivity contribution < 1.29 is 4.74 Å². The fraction of sp³-hybridized carbons (Fsp3) is 0.583. The molecule has 1 aromatic rings. The molecule has 15 heavy (non-hydrogen) atoms. The molecule has 0 radical (unpaired) electrons. The Labute approximate surface area is 91.9 Å². The van der Waals surface area contributed by atoms with Gasteiger partial charge in [-0.05, 0) is 25.0 Å². The number of hydrogen-bond acceptors (Lipinski definition) is 3. The Hall–Kier alpha value is -1.09. The van der Waals surface area contributed by atoms with Gasteiger partial charge >= 0.3 is 0 Å². The number of hydrogen-bond donors (Lipinski definition) is 1. The fourth-order valence-corrected chi connectivity index (χ4v) is 1.50. The summed E-state index contributed by atoms with van der Waals surface area (Å²) in [6, 6.07) is 4.54. The van der Waals surface area contributed by atoms with Crippen LogP contribution in [-0.2, 0) is 6.54 Å². The lowest BCUT2D eigenvalue weighted by atomic mass is 10.2. The first-order chi connectivity index (χ1) is 7.26. The van der Waals surface area contributed by atoms with Crippen molar-refractivity contribution in [1.29, 1.82) is 0 Å². The number of ether oxygens (including phenoxy) is 1. The molecule has 0 aliphatic rings. The van der Waals surface area contributed by atoms with E-state index in [2.05, 4.69) is 24.1 Å². The molecule has 1 heterocycles. The highest BCUT2D eigenvalue weighted by molar-refractivity contribution is 5.20. The summed E-state index contributed by atoms with van der Waals surface area (Å²) < 4.78 is 5.07. The highest BCUT2D eigenvalue weighted by Gasteiger charge is 2.01. The van der Waals surface area contributed by atoms with Crippen LogP contribution >= 0.6 is 0 Å². The van der Waals surface area contributed by atoms with E-state index in [9.17, 15) is 0 Å². The zero-order chi connectivity index (χ0) is 11.1. The Bertz CT molecular complexity index is 289. The number of nitrogens with zero attached hydrogens (tertiary/aromatic N) is 1. The van der Waals surface area contributed by atoms with Crippen LogP contribution in [0.5, 0.6) is 5.88 Å². The van der Waals surface area contributed by atoms with Gasteiger partial charge in [0.05, 0.1) is 7.11 Å². The van der Waals surface area contributed by atoms with Gasteiger partial charge in [-0.15, -0.1) is 0 Å². The summed E-state index contributed by atoms with van der Waals surface area (Å²) in [5.74, 6) is 0.678. The number of rotatable bonds is 6. The molecule has 0 saturated carbocycles. The summed E-state index contributed by atoms with van der Waals surface area (Å²) in [6.45, 7) is 5.29. The van der Waals surface area contributed by atoms with Crippen LogP contribution in [-0.4, -0.2) is 18.1 Å². The third-order valence-electron chi connectivity index (χ3n) is 2.38. The van der Waals surface area contributed by atoms with Gasteiger partial charge in [0.1, 0.15) is 0 Å². The van der Waals surface area contributed by atoms with Crippen LogP contribution in [0.15, 0.2) is 18.3 Å². The van der Waals surface area contributed by atoms with Crippen LogP contribution in [0.4, 0.5) is 0 Å². The third-order valence-corrected chi connectivity index (χ3v) is 2.38. The lowest BCUT2D eigenvalue weighted by Crippen LogP contribution is -2.25. The molecule has 1 atom stereocenters. The van der Waals surface area contributed by atoms with E-state index in [1.807, 2.05) is 12.1 Å². The van der Waals surface area contributed by atoms with Crippen LogP contribution in [0, 0.1) is 0 Å². The summed E-state index contributed by atoms with van der Waals surface area (Å²) in [5, 5.41) is 3.47. The maximum Gasteiger partial charge on any atom is 0.213 e. The van der Waals surface area contributed by atoms with E-state index in [1.165, 1.54) is 18.4 Å². The van der Waals surface area contributed by atoms with Crippen LogP contribution in [0.1, 0.15) is 32.3 Å². The number of nitrogens with one attached hydrogen (secondary N) is 1. The second-order valence-electron chi connectivity index (χ2n) is 3.78. The normalized spacial score (nSPS) is 12.5. The molecule has 0 fully saturated rings. The van der Waals surface area contributed by atoms with Crippen molar-refractivity contribution >= 4 is 0 Å². The summed E-state index contributed by atoms with van der Waals surface area (Å²) >= 11 is 0. The van der Waals surface area contributed by atoms with Gasteiger partial charge in [0.25, 0.3) is 0 Å². The lowest BCUT2D eigenvalue weighted by molar-refractivity contribution is 0.396. The van der Waals surface area contributed by atoms with Gasteiger partial charge in [-0.3, -0.25) is 0 Å². The molecule has 0 aromatic carbocycles. The zero-order valence-electron chi connectivity index (χ0n) is 9.79. The largest absolute Gasteiger partial charge is 0.481 e. The van der Waals surface area contributed by atoms with Crippen molar-refractivity contribution in [3.8, 4) is 5.88 Å². The summed E-state index contributed by atoms with van der Waals surface area (Å²) in [4.78, 5) is 4.07. The van der Waals surface area contributed by atoms with Crippen molar-refractivity contribution in [2.75, 3.05) is 7.11 Å². The van der Waals surface area contributed by atoms with Crippen molar-refractivity contribution in [2.24, 2.45) is 0 Å². The predicted molar refractivity (Wildman–Crippen MR) is 62.0 cm³/mol. The second-order valence-corrected chi connectivity index (χ2v) is 3.78. The topological polar surface area (TPSA) is 34.2 Å². The molecule has 0 aliphatic heterocycles. The number of aromatic nitrogens is 1. The first kappa shape index (κ1) is 12.0. The SMILES string of the molecule is CCCC(C)NCc1ccnc(OC)c1. The highest BCUT2D eigenvalue weighted by atomic mass is 16.5. The average Bonchev–Trinajstić information content (AvgIpc) is 2.27. The van der Waals surface area contributed by atoms with E-state index in [-0.39, 0.29) is 0 Å². The summed E-state index contributed by atoms with van der Waals surface area (Å²) in [6.07, 6.45) is 4.20. The predicted octanol–water partition coefficient (Wildman–Crippen LogP) is 2.37. The van der Waals surface area contributed by atoms with Crippen molar-refractivity contribution in [1.82, 2.24) is 10.3 Å². The molecule has 1 rings (SSSR count). The van der Waals surface area contributed by atoms with Crippen LogP contribution in [0.2, 0.25) is 0 Å². The van der Waals surface area contributed by atoms with Crippen molar-refractivity contribution in [3.63, 3.8) is 0 Å². The van der Waals surface area contributed by atoms with E-state index < -0.39 is 0 Å². The first-order valence-corrected chi connectivity index (χ1v) is 5.48. The molecule has 0 bridgehead atoms. The number of methoxy groups -OCH3 is 1. The smallest absolute Gasteiger partial charge is 0.213 e. The van der Waals surface area contributed by atoms with E-state index in [0.717, 1.165) is 6.54 Å². The molecule has 0 saturated heterocycles. The zero-order valence-corrected chi connectivity index (χ0v) is 9.79. The lowest BCUT2D eigenvalue weighted by Gasteiger charge is -2.12. The fourth-order valence-electron chi connectivity index (χ4n) is 1.50. The minimum Gasteiger partial charge on any atom is -0.481 e. The molecule has 84 valence electrons. The van der Waals surface area contributed by atoms with Gasteiger partial charge in [0, 0.05) is 24.8 Å². The Morgan fingerprint density at radius 1 is 1.53 bits per heavy atom. The second kappa shape index (κ2) is 6.40. The van der Waals surface area contributed by atoms with E-state index in [1.54, 1.807) is 13.3 Å². The van der Waals surface area contributed by atoms with Crippen LogP contribution in [0.3, 0.4) is 0 Å². The first-order valence-electron chi connectivity index (χ1n) is 5.48. The van der Waals surface area contributed by atoms with Gasteiger partial charge < -0.3 is 10.1 Å². The molecule has 0 amide bonds. The maximum absolute atomic E-state index is 5.07. The van der Waals surface area contributed by atoms with Gasteiger partial charge in [-0.1, -0.05) is 13.3 Å². The molecule has 1 N–H and O–H groups in total. The highest BCUT2D eigenvalue weighted by Crippen LogP contribution is 2.08. The van der Waals surface area contributed by atoms with Gasteiger partial charge in [0.2, 0.25) is 5.88 Å². The average molecular weight is 208 g/mol. The Balaban J connectivity index is 2.43. The Morgan fingerprint density at radius 2 is 2.33 bits per heavy atom. The van der Waals surface area contributed by atoms with Crippen LogP contribution < -0.4 is 10.1 Å². The van der Waals surface area contributed by atoms with Crippen molar-refractivity contribution in [3.05, 3.63) is 23.9 Å². The Kier molecular flexibility index (Phi) is 5.12. The number of pyridine rings is 1. The van der Waals surface area contributed by atoms with Gasteiger partial charge in [-0.2, -0.15) is 0 Å². The van der Waals surface area contributed by atoms with Crippen molar-refractivity contribution in [2.45, 2.75) is 39.3 Å². The summed E-state index contributed by atoms with van der Waals surface area (Å²) in [5.41, 5.74) is 1.21. The molecule has 3 heteroatoms. The maximum atomic E-state index is 5.07. The third kappa shape index (κ3) is 4.30. The molecule has 3 nitrogen and oxygen atoms in total. The summed E-state index contributed by atoms with van der Waals surface area (Å²) in [7, 11) is 1.64. The molecule has 0 spiro atoms. The minimum absolute atomic E-state index is 0.564. The van der Waals surface area contributed by atoms with Gasteiger partial charge in [0.15, 0.2) is 0 Å².